The van der Waals surface area contributed by atoms with Crippen LogP contribution in [0.2, 0.25) is 0 Å². The number of nitrogens with two attached hydrogens (primary N) is 1. The van der Waals surface area contributed by atoms with Crippen LogP contribution in [-0.4, -0.2) is 20.8 Å². The summed E-state index contributed by atoms with van der Waals surface area (Å²) in [6, 6.07) is 5.77. The van der Waals surface area contributed by atoms with Gasteiger partial charge in [0.2, 0.25) is 10.0 Å². The number of benzene rings is 1. The molecule has 0 saturated heterocycles. The van der Waals surface area contributed by atoms with E-state index in [0.717, 1.165) is 0 Å². The van der Waals surface area contributed by atoms with Gasteiger partial charge in [0.1, 0.15) is 11.6 Å². The summed E-state index contributed by atoms with van der Waals surface area (Å²) in [5.74, 6) is -0.134. The van der Waals surface area contributed by atoms with Crippen molar-refractivity contribution in [3.8, 4) is 5.75 Å². The highest BCUT2D eigenvalue weighted by molar-refractivity contribution is 7.89. The van der Waals surface area contributed by atoms with Crippen molar-refractivity contribution in [2.24, 2.45) is 10.6 Å². The zero-order valence-electron chi connectivity index (χ0n) is 11.2. The Morgan fingerprint density at radius 3 is 2.42 bits per heavy atom. The molecular formula is C13H20FNO3S. The lowest BCUT2D eigenvalue weighted by Gasteiger charge is -2.30. The average molecular weight is 289 g/mol. The standard InChI is InChI=1S/C13H20FNO3S/c1-3-13(4-2,10-19(15,16)17)9-18-12-7-5-6-11(14)8-12/h5-8H,3-4,9-10H2,1-2H3,(H2,15,16,17). The third-order valence-electron chi connectivity index (χ3n) is 3.35. The first-order valence-electron chi connectivity index (χ1n) is 6.19. The Bertz CT molecular complexity index is 512. The summed E-state index contributed by atoms with van der Waals surface area (Å²) in [7, 11) is -3.57. The molecule has 0 radical (unpaired) electrons. The van der Waals surface area contributed by atoms with Gasteiger partial charge in [0.25, 0.3) is 0 Å². The van der Waals surface area contributed by atoms with E-state index in [1.807, 2.05) is 13.8 Å². The third-order valence-corrected chi connectivity index (χ3v) is 4.36. The van der Waals surface area contributed by atoms with Crippen LogP contribution in [0.5, 0.6) is 5.75 Å². The minimum Gasteiger partial charge on any atom is -0.493 e. The highest BCUT2D eigenvalue weighted by atomic mass is 32.2. The number of hydrogen-bond acceptors (Lipinski definition) is 3. The van der Waals surface area contributed by atoms with Gasteiger partial charge in [-0.3, -0.25) is 0 Å². The lowest BCUT2D eigenvalue weighted by Crippen LogP contribution is -2.37. The summed E-state index contributed by atoms with van der Waals surface area (Å²) < 4.78 is 41.1. The van der Waals surface area contributed by atoms with Gasteiger partial charge in [-0.1, -0.05) is 19.9 Å². The Morgan fingerprint density at radius 1 is 1.32 bits per heavy atom. The molecule has 0 unspecified atom stereocenters. The maximum atomic E-state index is 13.0. The van der Waals surface area contributed by atoms with Crippen molar-refractivity contribution >= 4 is 10.0 Å². The van der Waals surface area contributed by atoms with Gasteiger partial charge >= 0.3 is 0 Å². The zero-order chi connectivity index (χ0) is 14.5. The van der Waals surface area contributed by atoms with E-state index in [0.29, 0.717) is 18.6 Å². The zero-order valence-corrected chi connectivity index (χ0v) is 12.0. The van der Waals surface area contributed by atoms with Crippen molar-refractivity contribution in [3.63, 3.8) is 0 Å². The van der Waals surface area contributed by atoms with Crippen LogP contribution in [0.4, 0.5) is 4.39 Å². The molecule has 1 rings (SSSR count). The molecule has 0 spiro atoms. The van der Waals surface area contributed by atoms with E-state index in [1.165, 1.54) is 12.1 Å². The second-order valence-electron chi connectivity index (χ2n) is 4.76. The molecule has 0 amide bonds. The van der Waals surface area contributed by atoms with Gasteiger partial charge in [0, 0.05) is 11.5 Å². The lowest BCUT2D eigenvalue weighted by atomic mass is 9.85. The molecule has 1 aromatic rings. The molecule has 0 saturated carbocycles. The first-order valence-corrected chi connectivity index (χ1v) is 7.90. The second-order valence-corrected chi connectivity index (χ2v) is 6.37. The van der Waals surface area contributed by atoms with E-state index >= 15 is 0 Å². The average Bonchev–Trinajstić information content (AvgIpc) is 2.33. The highest BCUT2D eigenvalue weighted by Gasteiger charge is 2.32. The molecule has 108 valence electrons. The van der Waals surface area contributed by atoms with E-state index < -0.39 is 15.4 Å². The Morgan fingerprint density at radius 2 is 1.95 bits per heavy atom. The van der Waals surface area contributed by atoms with Crippen molar-refractivity contribution in [1.82, 2.24) is 0 Å². The fraction of sp³-hybridized carbons (Fsp3) is 0.538. The van der Waals surface area contributed by atoms with Crippen LogP contribution in [0.25, 0.3) is 0 Å². The van der Waals surface area contributed by atoms with Gasteiger partial charge in [-0.25, -0.2) is 17.9 Å². The number of halogens is 1. The molecule has 2 N–H and O–H groups in total. The summed E-state index contributed by atoms with van der Waals surface area (Å²) in [6.07, 6.45) is 1.24. The van der Waals surface area contributed by atoms with Crippen LogP contribution < -0.4 is 9.88 Å². The van der Waals surface area contributed by atoms with Crippen LogP contribution in [0.1, 0.15) is 26.7 Å². The molecular weight excluding hydrogens is 269 g/mol. The van der Waals surface area contributed by atoms with Crippen molar-refractivity contribution < 1.29 is 17.5 Å². The summed E-state index contributed by atoms with van der Waals surface area (Å²) in [6.45, 7) is 3.98. The smallest absolute Gasteiger partial charge is 0.209 e. The predicted molar refractivity (Wildman–Crippen MR) is 72.9 cm³/mol. The molecule has 0 aliphatic heterocycles. The first-order chi connectivity index (χ1) is 8.80. The van der Waals surface area contributed by atoms with Gasteiger partial charge < -0.3 is 4.74 Å². The molecule has 0 aromatic heterocycles. The van der Waals surface area contributed by atoms with Crippen LogP contribution in [0.3, 0.4) is 0 Å². The lowest BCUT2D eigenvalue weighted by molar-refractivity contribution is 0.154. The Kier molecular flexibility index (Phi) is 5.31. The third kappa shape index (κ3) is 5.16. The Labute approximate surface area is 113 Å². The Hall–Kier alpha value is -1.14. The molecule has 1 aromatic carbocycles. The molecule has 0 aliphatic carbocycles. The topological polar surface area (TPSA) is 69.4 Å². The molecule has 0 bridgehead atoms. The number of primary sulfonamides is 1. The SMILES string of the molecule is CCC(CC)(COc1cccc(F)c1)CS(N)(=O)=O. The maximum Gasteiger partial charge on any atom is 0.209 e. The highest BCUT2D eigenvalue weighted by Crippen LogP contribution is 2.29. The summed E-state index contributed by atoms with van der Waals surface area (Å²) in [4.78, 5) is 0. The van der Waals surface area contributed by atoms with E-state index in [4.69, 9.17) is 9.88 Å². The van der Waals surface area contributed by atoms with E-state index in [2.05, 4.69) is 0 Å². The normalized spacial score (nSPS) is 12.4. The van der Waals surface area contributed by atoms with Gasteiger partial charge in [-0.15, -0.1) is 0 Å². The first kappa shape index (κ1) is 15.9. The summed E-state index contributed by atoms with van der Waals surface area (Å²) in [5, 5.41) is 5.12. The minimum absolute atomic E-state index is 0.137. The van der Waals surface area contributed by atoms with Crippen LogP contribution in [0.15, 0.2) is 24.3 Å². The molecule has 0 heterocycles. The largest absolute Gasteiger partial charge is 0.493 e. The van der Waals surface area contributed by atoms with E-state index in [9.17, 15) is 12.8 Å². The van der Waals surface area contributed by atoms with Crippen molar-refractivity contribution in [2.45, 2.75) is 26.7 Å². The van der Waals surface area contributed by atoms with Crippen molar-refractivity contribution in [1.29, 1.82) is 0 Å². The van der Waals surface area contributed by atoms with Crippen molar-refractivity contribution in [3.05, 3.63) is 30.1 Å². The van der Waals surface area contributed by atoms with Gasteiger partial charge in [-0.05, 0) is 25.0 Å². The summed E-state index contributed by atoms with van der Waals surface area (Å²) in [5.41, 5.74) is -0.542. The fourth-order valence-electron chi connectivity index (χ4n) is 1.92. The Balaban J connectivity index is 2.79. The molecule has 0 aliphatic rings. The fourth-order valence-corrected chi connectivity index (χ4v) is 3.27. The van der Waals surface area contributed by atoms with Crippen molar-refractivity contribution in [2.75, 3.05) is 12.4 Å². The van der Waals surface area contributed by atoms with Gasteiger partial charge in [-0.2, -0.15) is 0 Å². The molecule has 4 nitrogen and oxygen atoms in total. The maximum absolute atomic E-state index is 13.0. The number of ether oxygens (including phenoxy) is 1. The van der Waals surface area contributed by atoms with E-state index in [1.54, 1.807) is 12.1 Å². The monoisotopic (exact) mass is 289 g/mol. The van der Waals surface area contributed by atoms with Crippen LogP contribution in [0, 0.1) is 11.2 Å². The molecule has 0 fully saturated rings. The predicted octanol–water partition coefficient (Wildman–Crippen LogP) is 2.30. The summed E-state index contributed by atoms with van der Waals surface area (Å²) >= 11 is 0. The molecule has 0 atom stereocenters. The molecule has 19 heavy (non-hydrogen) atoms. The number of sulfonamides is 1. The number of rotatable bonds is 7. The van der Waals surface area contributed by atoms with Gasteiger partial charge in [0.15, 0.2) is 0 Å². The van der Waals surface area contributed by atoms with Crippen LogP contribution >= 0.6 is 0 Å². The molecule has 6 heteroatoms. The quantitative estimate of drug-likeness (QED) is 0.837. The minimum atomic E-state index is -3.57. The number of hydrogen-bond donors (Lipinski definition) is 1. The van der Waals surface area contributed by atoms with Crippen LogP contribution in [-0.2, 0) is 10.0 Å². The second kappa shape index (κ2) is 6.34. The van der Waals surface area contributed by atoms with Gasteiger partial charge in [0.05, 0.1) is 12.4 Å². The van der Waals surface area contributed by atoms with E-state index in [-0.39, 0.29) is 18.2 Å².